The van der Waals surface area contributed by atoms with Gasteiger partial charge >= 0.3 is 0 Å². The zero-order valence-corrected chi connectivity index (χ0v) is 22.2. The number of aromatic nitrogens is 1. The maximum Gasteiger partial charge on any atom is 0.268 e. The third-order valence-corrected chi connectivity index (χ3v) is 7.61. The van der Waals surface area contributed by atoms with Crippen molar-refractivity contribution in [3.63, 3.8) is 0 Å². The molecule has 3 aliphatic rings. The number of fused-ring (bicyclic) bond motifs is 1. The van der Waals surface area contributed by atoms with Crippen LogP contribution in [0.3, 0.4) is 0 Å². The van der Waals surface area contributed by atoms with Gasteiger partial charge in [0, 0.05) is 49.9 Å². The van der Waals surface area contributed by atoms with E-state index in [0.717, 1.165) is 5.56 Å². The number of carbonyl (C=O) groups excluding carboxylic acids is 3. The largest absolute Gasteiger partial charge is 0.479 e. The van der Waals surface area contributed by atoms with Crippen molar-refractivity contribution in [1.29, 1.82) is 0 Å². The van der Waals surface area contributed by atoms with E-state index in [-0.39, 0.29) is 36.2 Å². The summed E-state index contributed by atoms with van der Waals surface area (Å²) in [7, 11) is 0. The van der Waals surface area contributed by atoms with Crippen LogP contribution in [0.25, 0.3) is 0 Å². The van der Waals surface area contributed by atoms with Crippen LogP contribution in [-0.2, 0) is 16.1 Å². The Labute approximate surface area is 235 Å². The average Bonchev–Trinajstić information content (AvgIpc) is 3.49. The molecular weight excluding hydrogens is 531 g/mol. The molecule has 3 aliphatic heterocycles. The molecule has 1 N–H and O–H groups in total. The van der Waals surface area contributed by atoms with Crippen LogP contribution in [0.15, 0.2) is 60.8 Å². The number of nitrogens with zero attached hydrogens (tertiary/aromatic N) is 4. The Morgan fingerprint density at radius 2 is 1.73 bits per heavy atom. The molecule has 2 fully saturated rings. The first-order chi connectivity index (χ1) is 19.8. The first-order valence-electron chi connectivity index (χ1n) is 13.6. The van der Waals surface area contributed by atoms with Gasteiger partial charge in [-0.1, -0.05) is 6.07 Å². The van der Waals surface area contributed by atoms with Gasteiger partial charge in [0.15, 0.2) is 6.10 Å². The zero-order valence-electron chi connectivity index (χ0n) is 22.2. The number of amides is 3. The molecule has 1 atom stereocenters. The highest BCUT2D eigenvalue weighted by Gasteiger charge is 2.36. The molecule has 3 aromatic rings. The van der Waals surface area contributed by atoms with Gasteiger partial charge in [-0.2, -0.15) is 0 Å². The van der Waals surface area contributed by atoms with Crippen LogP contribution in [0.5, 0.6) is 17.4 Å². The van der Waals surface area contributed by atoms with Crippen molar-refractivity contribution in [2.45, 2.75) is 38.0 Å². The van der Waals surface area contributed by atoms with Crippen molar-refractivity contribution in [3.05, 3.63) is 77.7 Å². The number of carbonyl (C=O) groups is 3. The summed E-state index contributed by atoms with van der Waals surface area (Å²) in [5, 5.41) is 9.69. The molecule has 3 amide bonds. The summed E-state index contributed by atoms with van der Waals surface area (Å²) in [4.78, 5) is 48.1. The van der Waals surface area contributed by atoms with Crippen LogP contribution < -0.4 is 14.4 Å². The van der Waals surface area contributed by atoms with Crippen LogP contribution in [0.2, 0.25) is 0 Å². The van der Waals surface area contributed by atoms with Gasteiger partial charge in [0.2, 0.25) is 11.8 Å². The minimum Gasteiger partial charge on any atom is -0.479 e. The van der Waals surface area contributed by atoms with E-state index >= 15 is 0 Å². The second-order valence-electron chi connectivity index (χ2n) is 10.4. The van der Waals surface area contributed by atoms with Crippen LogP contribution in [0, 0.1) is 5.82 Å². The van der Waals surface area contributed by atoms with Crippen molar-refractivity contribution in [1.82, 2.24) is 14.8 Å². The smallest absolute Gasteiger partial charge is 0.268 e. The van der Waals surface area contributed by atoms with E-state index in [1.54, 1.807) is 28.0 Å². The second kappa shape index (κ2) is 11.2. The summed E-state index contributed by atoms with van der Waals surface area (Å²) in [6.07, 6.45) is 1.94. The number of pyridine rings is 1. The number of aliphatic hydroxyl groups is 1. The number of piperidine rings is 1. The number of hydrogen-bond acceptors (Lipinski definition) is 7. The fourth-order valence-electron chi connectivity index (χ4n) is 5.33. The number of ether oxygens (including phenoxy) is 2. The number of rotatable bonds is 7. The molecule has 2 aromatic carbocycles. The van der Waals surface area contributed by atoms with Crippen molar-refractivity contribution >= 4 is 23.4 Å². The van der Waals surface area contributed by atoms with E-state index < -0.39 is 6.10 Å². The Kier molecular flexibility index (Phi) is 7.27. The predicted octanol–water partition coefficient (Wildman–Crippen LogP) is 3.14. The Balaban J connectivity index is 1.06. The van der Waals surface area contributed by atoms with E-state index in [2.05, 4.69) is 4.98 Å². The number of aliphatic hydroxyl groups excluding tert-OH is 1. The van der Waals surface area contributed by atoms with Gasteiger partial charge < -0.3 is 29.3 Å². The first-order valence-corrected chi connectivity index (χ1v) is 13.6. The molecule has 0 saturated carbocycles. The predicted molar refractivity (Wildman–Crippen MR) is 145 cm³/mol. The maximum atomic E-state index is 13.2. The molecule has 2 saturated heterocycles. The molecule has 6 rings (SSSR count). The molecule has 41 heavy (non-hydrogen) atoms. The molecule has 0 bridgehead atoms. The summed E-state index contributed by atoms with van der Waals surface area (Å²) in [5.74, 6) is 0.209. The number of benzene rings is 2. The zero-order chi connectivity index (χ0) is 28.5. The van der Waals surface area contributed by atoms with Crippen molar-refractivity contribution in [2.24, 2.45) is 0 Å². The molecular formula is C30H29FN4O6. The molecule has 212 valence electrons. The molecule has 0 aliphatic carbocycles. The molecule has 10 nitrogen and oxygen atoms in total. The van der Waals surface area contributed by atoms with Crippen LogP contribution >= 0.6 is 0 Å². The molecule has 4 heterocycles. The second-order valence-corrected chi connectivity index (χ2v) is 10.4. The fraction of sp³-hybridized carbons (Fsp3) is 0.333. The highest BCUT2D eigenvalue weighted by Crippen LogP contribution is 2.31. The van der Waals surface area contributed by atoms with Crippen molar-refractivity contribution in [2.75, 3.05) is 31.1 Å². The molecule has 11 heteroatoms. The maximum absolute atomic E-state index is 13.2. The molecule has 0 spiro atoms. The topological polar surface area (TPSA) is 113 Å². The summed E-state index contributed by atoms with van der Waals surface area (Å²) in [6.45, 7) is 1.73. The van der Waals surface area contributed by atoms with E-state index in [1.165, 1.54) is 35.4 Å². The van der Waals surface area contributed by atoms with Gasteiger partial charge in [0.05, 0.1) is 12.3 Å². The number of anilines is 1. The summed E-state index contributed by atoms with van der Waals surface area (Å²) in [5.41, 5.74) is 1.91. The Hall–Kier alpha value is -4.51. The van der Waals surface area contributed by atoms with Gasteiger partial charge in [-0.3, -0.25) is 14.4 Å². The highest BCUT2D eigenvalue weighted by atomic mass is 19.1. The Bertz CT molecular complexity index is 1460. The summed E-state index contributed by atoms with van der Waals surface area (Å²) in [6, 6.07) is 14.2. The average molecular weight is 561 g/mol. The third-order valence-electron chi connectivity index (χ3n) is 7.61. The third kappa shape index (κ3) is 5.71. The van der Waals surface area contributed by atoms with Crippen LogP contribution in [0.1, 0.15) is 35.2 Å². The van der Waals surface area contributed by atoms with Crippen molar-refractivity contribution < 1.29 is 33.4 Å². The lowest BCUT2D eigenvalue weighted by molar-refractivity contribution is -0.134. The number of likely N-dealkylation sites (tertiary alicyclic amines) is 1. The standard InChI is InChI=1S/C30H29FN4O6/c31-20-2-5-23(6-3-20)41-27-8-7-24(16-32-27)40-26-11-14-35(30(26)39)21-4-1-19-17-34(29(38)25(19)15-21)18-28(37)33-12-9-22(36)10-13-33/h1-8,15-16,22,26,36H,9-14,17-18H2. The van der Waals surface area contributed by atoms with E-state index in [9.17, 15) is 23.9 Å². The summed E-state index contributed by atoms with van der Waals surface area (Å²) < 4.78 is 24.6. The van der Waals surface area contributed by atoms with Crippen LogP contribution in [0.4, 0.5) is 10.1 Å². The normalized spacial score (nSPS) is 19.1. The SMILES string of the molecule is O=C(CN1Cc2ccc(N3CCC(Oc4ccc(Oc5ccc(F)cc5)nc4)C3=O)cc2C1=O)N1CCC(O)CC1. The lowest BCUT2D eigenvalue weighted by Gasteiger charge is -2.30. The van der Waals surface area contributed by atoms with Gasteiger partial charge in [-0.05, 0) is 60.9 Å². The minimum atomic E-state index is -0.707. The van der Waals surface area contributed by atoms with E-state index in [0.29, 0.717) is 74.1 Å². The lowest BCUT2D eigenvalue weighted by Crippen LogP contribution is -2.45. The first kappa shape index (κ1) is 26.7. The monoisotopic (exact) mass is 560 g/mol. The molecule has 0 radical (unpaired) electrons. The van der Waals surface area contributed by atoms with Gasteiger partial charge in [-0.15, -0.1) is 0 Å². The Morgan fingerprint density at radius 3 is 2.46 bits per heavy atom. The molecule has 1 unspecified atom stereocenters. The fourth-order valence-corrected chi connectivity index (χ4v) is 5.33. The van der Waals surface area contributed by atoms with Gasteiger partial charge in [-0.25, -0.2) is 9.37 Å². The highest BCUT2D eigenvalue weighted by molar-refractivity contribution is 6.03. The number of halogens is 1. The van der Waals surface area contributed by atoms with E-state index in [4.69, 9.17) is 9.47 Å². The van der Waals surface area contributed by atoms with Gasteiger partial charge in [0.1, 0.15) is 23.9 Å². The van der Waals surface area contributed by atoms with Crippen molar-refractivity contribution in [3.8, 4) is 17.4 Å². The quantitative estimate of drug-likeness (QED) is 0.473. The Morgan fingerprint density at radius 1 is 0.976 bits per heavy atom. The molecule has 1 aromatic heterocycles. The summed E-state index contributed by atoms with van der Waals surface area (Å²) >= 11 is 0. The van der Waals surface area contributed by atoms with Crippen LogP contribution in [-0.4, -0.2) is 76.0 Å². The number of hydrogen-bond donors (Lipinski definition) is 1. The van der Waals surface area contributed by atoms with E-state index in [1.807, 2.05) is 12.1 Å². The minimum absolute atomic E-state index is 0.0146. The van der Waals surface area contributed by atoms with Gasteiger partial charge in [0.25, 0.3) is 11.8 Å². The lowest BCUT2D eigenvalue weighted by atomic mass is 10.1.